The summed E-state index contributed by atoms with van der Waals surface area (Å²) >= 11 is 0. The zero-order chi connectivity index (χ0) is 18.3. The number of ether oxygens (including phenoxy) is 1. The highest BCUT2D eigenvalue weighted by molar-refractivity contribution is 5.89. The van der Waals surface area contributed by atoms with Crippen molar-refractivity contribution < 1.29 is 19.6 Å². The number of hydrogen-bond donors (Lipinski definition) is 1. The average Bonchev–Trinajstić information content (AvgIpc) is 2.95. The number of likely N-dealkylation sites (tertiary alicyclic amines) is 1. The minimum atomic E-state index is -1.08. The van der Waals surface area contributed by atoms with Crippen molar-refractivity contribution in [2.45, 2.75) is 55.8 Å². The smallest absolute Gasteiger partial charge is 0.216 e. The number of benzene rings is 1. The third-order valence-electron chi connectivity index (χ3n) is 7.16. The normalized spacial score (nSPS) is 37.2. The van der Waals surface area contributed by atoms with E-state index in [1.54, 1.807) is 0 Å². The highest BCUT2D eigenvalue weighted by atomic mass is 16.6. The third-order valence-corrected chi connectivity index (χ3v) is 7.16. The van der Waals surface area contributed by atoms with E-state index in [0.29, 0.717) is 38.8 Å². The van der Waals surface area contributed by atoms with Gasteiger partial charge >= 0.3 is 0 Å². The predicted molar refractivity (Wildman–Crippen MR) is 92.0 cm³/mol. The molecule has 5 rings (SSSR count). The van der Waals surface area contributed by atoms with Crippen LogP contribution in [0, 0.1) is 17.0 Å². The van der Waals surface area contributed by atoms with E-state index in [4.69, 9.17) is 4.74 Å². The van der Waals surface area contributed by atoms with Crippen LogP contribution in [0.4, 0.5) is 0 Å². The van der Waals surface area contributed by atoms with E-state index < -0.39 is 17.1 Å². The Bertz CT molecular complexity index is 839. The van der Waals surface area contributed by atoms with Crippen LogP contribution < -0.4 is 4.74 Å². The van der Waals surface area contributed by atoms with E-state index in [9.17, 15) is 20.0 Å². The van der Waals surface area contributed by atoms with Gasteiger partial charge < -0.3 is 9.84 Å². The summed E-state index contributed by atoms with van der Waals surface area (Å²) in [5.41, 5.74) is 1.36. The number of ketones is 1. The van der Waals surface area contributed by atoms with Gasteiger partial charge in [-0.05, 0) is 43.9 Å². The number of hydrogen-bond acceptors (Lipinski definition) is 6. The van der Waals surface area contributed by atoms with Gasteiger partial charge in [0, 0.05) is 22.9 Å². The zero-order valence-electron chi connectivity index (χ0n) is 14.7. The molecule has 2 fully saturated rings. The molecule has 0 aromatic heterocycles. The van der Waals surface area contributed by atoms with Crippen molar-refractivity contribution in [3.63, 3.8) is 0 Å². The van der Waals surface area contributed by atoms with Gasteiger partial charge in [0.2, 0.25) is 6.54 Å². The summed E-state index contributed by atoms with van der Waals surface area (Å²) in [4.78, 5) is 25.3. The first-order chi connectivity index (χ1) is 12.4. The fourth-order valence-corrected chi connectivity index (χ4v) is 6.04. The van der Waals surface area contributed by atoms with Gasteiger partial charge in [-0.3, -0.25) is 19.8 Å². The third kappa shape index (κ3) is 1.73. The standard InChI is InChI=1S/C19H22N2O5/c1-11-2-3-12-10-14-19(23)5-4-13(22)17-18(19,15(12)16(11)26-17)6-7-20(14)8-9-21(24)25/h2-3,14,17,23H,4-10H2,1H3/t14-,17+,18+,19-/m1/s1. The molecule has 4 aliphatic rings. The Balaban J connectivity index is 1.68. The minimum absolute atomic E-state index is 0.0654. The monoisotopic (exact) mass is 358 g/mol. The van der Waals surface area contributed by atoms with Crippen LogP contribution in [-0.4, -0.2) is 58.1 Å². The summed E-state index contributed by atoms with van der Waals surface area (Å²) in [5, 5.41) is 22.8. The molecule has 1 saturated carbocycles. The first kappa shape index (κ1) is 16.2. The second-order valence-electron chi connectivity index (χ2n) is 8.17. The lowest BCUT2D eigenvalue weighted by molar-refractivity contribution is -0.481. The summed E-state index contributed by atoms with van der Waals surface area (Å²) in [6, 6.07) is 3.87. The van der Waals surface area contributed by atoms with E-state index in [2.05, 4.69) is 11.0 Å². The molecule has 1 spiro atoms. The van der Waals surface area contributed by atoms with Crippen LogP contribution in [-0.2, 0) is 16.6 Å². The molecular weight excluding hydrogens is 336 g/mol. The van der Waals surface area contributed by atoms with E-state index in [-0.39, 0.29) is 23.3 Å². The summed E-state index contributed by atoms with van der Waals surface area (Å²) in [6.45, 7) is 2.81. The van der Waals surface area contributed by atoms with Gasteiger partial charge in [0.05, 0.1) is 17.6 Å². The van der Waals surface area contributed by atoms with Gasteiger partial charge in [0.15, 0.2) is 11.9 Å². The number of nitrogens with zero attached hydrogens (tertiary/aromatic N) is 2. The second-order valence-corrected chi connectivity index (χ2v) is 8.17. The molecule has 2 heterocycles. The largest absolute Gasteiger partial charge is 0.481 e. The Morgan fingerprint density at radius 3 is 3.00 bits per heavy atom. The molecule has 26 heavy (non-hydrogen) atoms. The number of piperidine rings is 1. The summed E-state index contributed by atoms with van der Waals surface area (Å²) in [7, 11) is 0. The van der Waals surface area contributed by atoms with Crippen molar-refractivity contribution in [1.29, 1.82) is 0 Å². The molecule has 1 aromatic carbocycles. The molecular formula is C19H22N2O5. The van der Waals surface area contributed by atoms with Crippen LogP contribution in [0.5, 0.6) is 5.75 Å². The molecule has 4 atom stereocenters. The summed E-state index contributed by atoms with van der Waals surface area (Å²) in [6.07, 6.45) is 1.31. The van der Waals surface area contributed by atoms with Gasteiger partial charge in [-0.25, -0.2) is 0 Å². The Labute approximate surface area is 151 Å². The molecule has 2 bridgehead atoms. The number of Topliss-reactive ketones (excluding diaryl/α,β-unsaturated/α-hetero) is 1. The number of aryl methyl sites for hydroxylation is 1. The number of nitro groups is 1. The average molecular weight is 358 g/mol. The zero-order valence-corrected chi connectivity index (χ0v) is 14.7. The summed E-state index contributed by atoms with van der Waals surface area (Å²) < 4.78 is 6.18. The first-order valence-electron chi connectivity index (χ1n) is 9.29. The fourth-order valence-electron chi connectivity index (χ4n) is 6.04. The number of rotatable bonds is 3. The molecule has 1 N–H and O–H groups in total. The molecule has 0 radical (unpaired) electrons. The van der Waals surface area contributed by atoms with Gasteiger partial charge in [0.25, 0.3) is 0 Å². The molecule has 2 aliphatic heterocycles. The van der Waals surface area contributed by atoms with Crippen LogP contribution in [0.2, 0.25) is 0 Å². The Morgan fingerprint density at radius 2 is 2.23 bits per heavy atom. The van der Waals surface area contributed by atoms with Crippen molar-refractivity contribution in [3.05, 3.63) is 38.9 Å². The lowest BCUT2D eigenvalue weighted by atomic mass is 9.49. The lowest BCUT2D eigenvalue weighted by Crippen LogP contribution is -2.76. The van der Waals surface area contributed by atoms with E-state index in [1.165, 1.54) is 0 Å². The van der Waals surface area contributed by atoms with Crippen molar-refractivity contribution in [3.8, 4) is 5.75 Å². The lowest BCUT2D eigenvalue weighted by Gasteiger charge is -2.62. The molecule has 138 valence electrons. The Morgan fingerprint density at radius 1 is 1.42 bits per heavy atom. The van der Waals surface area contributed by atoms with Crippen molar-refractivity contribution in [1.82, 2.24) is 4.90 Å². The second kappa shape index (κ2) is 5.04. The van der Waals surface area contributed by atoms with Crippen molar-refractivity contribution >= 4 is 5.78 Å². The summed E-state index contributed by atoms with van der Waals surface area (Å²) in [5.74, 6) is 0.842. The SMILES string of the molecule is Cc1ccc2c3c1O[C@H]1C(=O)CC[C@@]4(O)[C@@H](C2)N(CC[N+](=O)[O-])CC[C@]314. The molecule has 1 aromatic rings. The fraction of sp³-hybridized carbons (Fsp3) is 0.632. The van der Waals surface area contributed by atoms with Crippen molar-refractivity contribution in [2.24, 2.45) is 0 Å². The molecule has 7 nitrogen and oxygen atoms in total. The van der Waals surface area contributed by atoms with Crippen LogP contribution in [0.3, 0.4) is 0 Å². The predicted octanol–water partition coefficient (Wildman–Crippen LogP) is 0.995. The Kier molecular flexibility index (Phi) is 3.14. The van der Waals surface area contributed by atoms with Crippen LogP contribution in [0.15, 0.2) is 12.1 Å². The highest BCUT2D eigenvalue weighted by Crippen LogP contribution is 2.63. The maximum Gasteiger partial charge on any atom is 0.216 e. The highest BCUT2D eigenvalue weighted by Gasteiger charge is 2.72. The van der Waals surface area contributed by atoms with Crippen LogP contribution in [0.1, 0.15) is 36.0 Å². The first-order valence-corrected chi connectivity index (χ1v) is 9.29. The van der Waals surface area contributed by atoms with E-state index >= 15 is 0 Å². The minimum Gasteiger partial charge on any atom is -0.481 e. The quantitative estimate of drug-likeness (QED) is 0.640. The van der Waals surface area contributed by atoms with Gasteiger partial charge in [-0.1, -0.05) is 12.1 Å². The number of carbonyl (C=O) groups excluding carboxylic acids is 1. The van der Waals surface area contributed by atoms with Gasteiger partial charge in [0.1, 0.15) is 5.75 Å². The molecule has 0 amide bonds. The van der Waals surface area contributed by atoms with Crippen LogP contribution >= 0.6 is 0 Å². The van der Waals surface area contributed by atoms with Crippen molar-refractivity contribution in [2.75, 3.05) is 19.6 Å². The van der Waals surface area contributed by atoms with E-state index in [0.717, 1.165) is 22.4 Å². The topological polar surface area (TPSA) is 92.9 Å². The van der Waals surface area contributed by atoms with E-state index in [1.807, 2.05) is 13.0 Å². The van der Waals surface area contributed by atoms with Gasteiger partial charge in [-0.2, -0.15) is 0 Å². The molecule has 7 heteroatoms. The number of carbonyl (C=O) groups is 1. The maximum absolute atomic E-state index is 12.7. The van der Waals surface area contributed by atoms with Gasteiger partial charge in [-0.15, -0.1) is 0 Å². The molecule has 0 unspecified atom stereocenters. The molecule has 2 aliphatic carbocycles. The van der Waals surface area contributed by atoms with Crippen LogP contribution in [0.25, 0.3) is 0 Å². The molecule has 1 saturated heterocycles. The maximum atomic E-state index is 12.7. The number of aliphatic hydroxyl groups is 1. The Hall–Kier alpha value is -1.99.